The quantitative estimate of drug-likeness (QED) is 0.768. The Morgan fingerprint density at radius 2 is 2.05 bits per heavy atom. The minimum atomic E-state index is -3.79. The first-order valence-corrected chi connectivity index (χ1v) is 7.35. The van der Waals surface area contributed by atoms with Crippen molar-refractivity contribution in [2.24, 2.45) is 4.99 Å². The SMILES string of the molecule is CS(=O)(=O)OC(=O)c1ccc(NC2=NCCN2)cc1. The third kappa shape index (κ3) is 3.95. The second-order valence-corrected chi connectivity index (χ2v) is 5.51. The van der Waals surface area contributed by atoms with Gasteiger partial charge in [-0.15, -0.1) is 0 Å². The first-order valence-electron chi connectivity index (χ1n) is 5.53. The van der Waals surface area contributed by atoms with E-state index in [1.54, 1.807) is 12.1 Å². The molecule has 0 saturated heterocycles. The van der Waals surface area contributed by atoms with Gasteiger partial charge in [0.1, 0.15) is 0 Å². The summed E-state index contributed by atoms with van der Waals surface area (Å²) in [5, 5.41) is 6.07. The van der Waals surface area contributed by atoms with Crippen LogP contribution in [0.4, 0.5) is 5.69 Å². The van der Waals surface area contributed by atoms with Crippen LogP contribution in [0.25, 0.3) is 0 Å². The fourth-order valence-corrected chi connectivity index (χ4v) is 1.86. The molecule has 0 aromatic heterocycles. The number of guanidine groups is 1. The first kappa shape index (κ1) is 13.3. The van der Waals surface area contributed by atoms with E-state index in [1.807, 2.05) is 0 Å². The Balaban J connectivity index is 2.03. The topological polar surface area (TPSA) is 96.9 Å². The number of carbonyl (C=O) groups is 1. The summed E-state index contributed by atoms with van der Waals surface area (Å²) in [5.74, 6) is -0.225. The number of carbonyl (C=O) groups excluding carboxylic acids is 1. The van der Waals surface area contributed by atoms with Gasteiger partial charge in [-0.2, -0.15) is 8.42 Å². The summed E-state index contributed by atoms with van der Waals surface area (Å²) in [6, 6.07) is 6.24. The summed E-state index contributed by atoms with van der Waals surface area (Å²) in [4.78, 5) is 15.6. The Kier molecular flexibility index (Phi) is 3.70. The highest BCUT2D eigenvalue weighted by atomic mass is 32.2. The molecule has 0 fully saturated rings. The van der Waals surface area contributed by atoms with E-state index < -0.39 is 16.1 Å². The highest BCUT2D eigenvalue weighted by Crippen LogP contribution is 2.11. The van der Waals surface area contributed by atoms with Crippen LogP contribution in [0, 0.1) is 0 Å². The first-order chi connectivity index (χ1) is 8.94. The molecule has 7 nitrogen and oxygen atoms in total. The van der Waals surface area contributed by atoms with Crippen molar-refractivity contribution in [2.45, 2.75) is 0 Å². The molecular weight excluding hydrogens is 270 g/mol. The van der Waals surface area contributed by atoms with Gasteiger partial charge >= 0.3 is 16.1 Å². The van der Waals surface area contributed by atoms with Crippen LogP contribution in [-0.4, -0.2) is 39.7 Å². The Morgan fingerprint density at radius 3 is 2.58 bits per heavy atom. The Hall–Kier alpha value is -2.09. The number of aliphatic imine (C=N–C) groups is 1. The van der Waals surface area contributed by atoms with Gasteiger partial charge in [-0.25, -0.2) is 4.79 Å². The summed E-state index contributed by atoms with van der Waals surface area (Å²) in [6.07, 6.45) is 0.824. The zero-order valence-corrected chi connectivity index (χ0v) is 11.0. The second kappa shape index (κ2) is 5.27. The molecule has 0 saturated carbocycles. The van der Waals surface area contributed by atoms with Gasteiger partial charge in [0, 0.05) is 12.2 Å². The number of nitrogens with one attached hydrogen (secondary N) is 2. The molecule has 1 aliphatic rings. The van der Waals surface area contributed by atoms with Gasteiger partial charge in [0.05, 0.1) is 18.4 Å². The van der Waals surface area contributed by atoms with Gasteiger partial charge in [-0.1, -0.05) is 0 Å². The highest BCUT2D eigenvalue weighted by molar-refractivity contribution is 7.86. The zero-order valence-electron chi connectivity index (χ0n) is 10.2. The van der Waals surface area contributed by atoms with Gasteiger partial charge in [-0.3, -0.25) is 4.99 Å². The Bertz CT molecular complexity index is 607. The van der Waals surface area contributed by atoms with E-state index in [2.05, 4.69) is 19.8 Å². The maximum atomic E-state index is 11.5. The molecule has 1 aromatic rings. The molecule has 1 aliphatic heterocycles. The van der Waals surface area contributed by atoms with Gasteiger partial charge in [0.2, 0.25) is 0 Å². The maximum absolute atomic E-state index is 11.5. The van der Waals surface area contributed by atoms with Gasteiger partial charge in [0.25, 0.3) is 0 Å². The van der Waals surface area contributed by atoms with E-state index in [-0.39, 0.29) is 5.56 Å². The lowest BCUT2D eigenvalue weighted by atomic mass is 10.2. The minimum Gasteiger partial charge on any atom is -0.354 e. The fourth-order valence-electron chi connectivity index (χ4n) is 1.49. The predicted molar refractivity (Wildman–Crippen MR) is 70.6 cm³/mol. The number of nitrogens with zero attached hydrogens (tertiary/aromatic N) is 1. The molecule has 1 heterocycles. The van der Waals surface area contributed by atoms with Crippen LogP contribution in [0.2, 0.25) is 0 Å². The van der Waals surface area contributed by atoms with Crippen molar-refractivity contribution >= 4 is 27.7 Å². The third-order valence-corrected chi connectivity index (χ3v) is 2.74. The monoisotopic (exact) mass is 283 g/mol. The lowest BCUT2D eigenvalue weighted by Gasteiger charge is -2.07. The number of benzene rings is 1. The molecule has 0 bridgehead atoms. The molecule has 0 spiro atoms. The number of anilines is 1. The molecule has 0 aliphatic carbocycles. The summed E-state index contributed by atoms with van der Waals surface area (Å²) >= 11 is 0. The average Bonchev–Trinajstić information content (AvgIpc) is 2.80. The van der Waals surface area contributed by atoms with E-state index in [0.717, 1.165) is 25.0 Å². The summed E-state index contributed by atoms with van der Waals surface area (Å²) in [6.45, 7) is 1.52. The maximum Gasteiger partial charge on any atom is 0.353 e. The molecular formula is C11H13N3O4S. The van der Waals surface area contributed by atoms with Crippen molar-refractivity contribution in [3.05, 3.63) is 29.8 Å². The van der Waals surface area contributed by atoms with Crippen molar-refractivity contribution in [1.29, 1.82) is 0 Å². The molecule has 1 aromatic carbocycles. The largest absolute Gasteiger partial charge is 0.354 e. The van der Waals surface area contributed by atoms with Crippen molar-refractivity contribution in [2.75, 3.05) is 24.7 Å². The highest BCUT2D eigenvalue weighted by Gasteiger charge is 2.13. The summed E-state index contributed by atoms with van der Waals surface area (Å²) in [7, 11) is -3.79. The van der Waals surface area contributed by atoms with Crippen LogP contribution in [0.3, 0.4) is 0 Å². The lowest BCUT2D eigenvalue weighted by Crippen LogP contribution is -2.26. The zero-order chi connectivity index (χ0) is 13.9. The lowest BCUT2D eigenvalue weighted by molar-refractivity contribution is 0.0748. The Morgan fingerprint density at radius 1 is 1.37 bits per heavy atom. The van der Waals surface area contributed by atoms with Crippen LogP contribution in [0.15, 0.2) is 29.3 Å². The van der Waals surface area contributed by atoms with Crippen molar-refractivity contribution in [1.82, 2.24) is 5.32 Å². The number of rotatable bonds is 3. The van der Waals surface area contributed by atoms with Gasteiger partial charge in [0.15, 0.2) is 5.96 Å². The molecule has 2 rings (SSSR count). The predicted octanol–water partition coefficient (Wildman–Crippen LogP) is 0.174. The smallest absolute Gasteiger partial charge is 0.353 e. The van der Waals surface area contributed by atoms with E-state index >= 15 is 0 Å². The van der Waals surface area contributed by atoms with Crippen molar-refractivity contribution in [3.63, 3.8) is 0 Å². The molecule has 0 atom stereocenters. The van der Waals surface area contributed by atoms with Crippen LogP contribution >= 0.6 is 0 Å². The van der Waals surface area contributed by atoms with Crippen molar-refractivity contribution < 1.29 is 17.4 Å². The summed E-state index contributed by atoms with van der Waals surface area (Å²) in [5.41, 5.74) is 0.904. The van der Waals surface area contributed by atoms with Crippen LogP contribution in [0.1, 0.15) is 10.4 Å². The van der Waals surface area contributed by atoms with E-state index in [4.69, 9.17) is 0 Å². The summed E-state index contributed by atoms with van der Waals surface area (Å²) < 4.78 is 25.9. The van der Waals surface area contributed by atoms with Crippen molar-refractivity contribution in [3.8, 4) is 0 Å². The number of hydrogen-bond donors (Lipinski definition) is 2. The molecule has 2 N–H and O–H groups in total. The van der Waals surface area contributed by atoms with Gasteiger partial charge in [-0.05, 0) is 24.3 Å². The molecule has 8 heteroatoms. The molecule has 0 amide bonds. The van der Waals surface area contributed by atoms with E-state index in [0.29, 0.717) is 5.96 Å². The molecule has 102 valence electrons. The molecule has 0 radical (unpaired) electrons. The number of hydrogen-bond acceptors (Lipinski definition) is 7. The standard InChI is InChI=1S/C11H13N3O4S/c1-19(16,17)18-10(15)8-2-4-9(5-3-8)14-11-12-6-7-13-11/h2-5H,6-7H2,1H3,(H2,12,13,14). The van der Waals surface area contributed by atoms with Crippen LogP contribution in [-0.2, 0) is 14.3 Å². The average molecular weight is 283 g/mol. The fraction of sp³-hybridized carbons (Fsp3) is 0.273. The Labute approximate surface area is 110 Å². The van der Waals surface area contributed by atoms with Crippen LogP contribution in [0.5, 0.6) is 0 Å². The second-order valence-electron chi connectivity index (χ2n) is 3.93. The van der Waals surface area contributed by atoms with E-state index in [9.17, 15) is 13.2 Å². The van der Waals surface area contributed by atoms with Crippen LogP contribution < -0.4 is 10.6 Å². The normalized spacial score (nSPS) is 14.5. The van der Waals surface area contributed by atoms with Gasteiger partial charge < -0.3 is 14.8 Å². The molecule has 19 heavy (non-hydrogen) atoms. The third-order valence-electron chi connectivity index (χ3n) is 2.28. The molecule has 0 unspecified atom stereocenters. The minimum absolute atomic E-state index is 0.164. The van der Waals surface area contributed by atoms with E-state index in [1.165, 1.54) is 12.1 Å².